The van der Waals surface area contributed by atoms with Crippen LogP contribution in [0.3, 0.4) is 0 Å². The highest BCUT2D eigenvalue weighted by Gasteiger charge is 2.17. The van der Waals surface area contributed by atoms with E-state index in [4.69, 9.17) is 22.1 Å². The summed E-state index contributed by atoms with van der Waals surface area (Å²) in [6.45, 7) is 3.03. The molecule has 6 heteroatoms. The predicted octanol–water partition coefficient (Wildman–Crippen LogP) is 1.24. The van der Waals surface area contributed by atoms with Gasteiger partial charge in [-0.1, -0.05) is 11.6 Å². The van der Waals surface area contributed by atoms with Gasteiger partial charge >= 0.3 is 0 Å². The van der Waals surface area contributed by atoms with E-state index in [2.05, 4.69) is 9.99 Å². The Morgan fingerprint density at radius 3 is 2.82 bits per heavy atom. The van der Waals surface area contributed by atoms with Crippen molar-refractivity contribution in [3.63, 3.8) is 0 Å². The van der Waals surface area contributed by atoms with Gasteiger partial charge in [-0.25, -0.2) is 9.66 Å². The Kier molecular flexibility index (Phi) is 2.57. The Hall–Kier alpha value is -1.46. The molecule has 3 rings (SSSR count). The summed E-state index contributed by atoms with van der Waals surface area (Å²) in [5, 5.41) is 2.82. The Labute approximate surface area is 104 Å². The number of fused-ring (bicyclic) bond motifs is 1. The van der Waals surface area contributed by atoms with Crippen LogP contribution < -0.4 is 10.7 Å². The summed E-state index contributed by atoms with van der Waals surface area (Å²) >= 11 is 6.01. The fraction of sp³-hybridized carbons (Fsp3) is 0.364. The van der Waals surface area contributed by atoms with E-state index in [-0.39, 0.29) is 0 Å². The normalized spacial score (nSPS) is 16.6. The zero-order valence-corrected chi connectivity index (χ0v) is 10.0. The fourth-order valence-electron chi connectivity index (χ4n) is 2.11. The van der Waals surface area contributed by atoms with E-state index >= 15 is 0 Å². The molecule has 5 nitrogen and oxygen atoms in total. The number of benzene rings is 1. The second-order valence-corrected chi connectivity index (χ2v) is 4.42. The molecule has 0 saturated carbocycles. The lowest BCUT2D eigenvalue weighted by Gasteiger charge is -2.30. The summed E-state index contributed by atoms with van der Waals surface area (Å²) in [4.78, 5) is 4.33. The Morgan fingerprint density at radius 2 is 2.06 bits per heavy atom. The van der Waals surface area contributed by atoms with Gasteiger partial charge in [0.2, 0.25) is 5.95 Å². The summed E-state index contributed by atoms with van der Waals surface area (Å²) in [6.07, 6.45) is 0. The zero-order valence-electron chi connectivity index (χ0n) is 9.27. The van der Waals surface area contributed by atoms with Gasteiger partial charge in [-0.15, -0.1) is 0 Å². The number of hydrogen-bond donors (Lipinski definition) is 1. The molecule has 1 aromatic heterocycles. The van der Waals surface area contributed by atoms with Crippen LogP contribution in [0.2, 0.25) is 5.02 Å². The first-order chi connectivity index (χ1) is 8.25. The molecule has 2 aromatic rings. The van der Waals surface area contributed by atoms with Gasteiger partial charge in [-0.2, -0.15) is 0 Å². The summed E-state index contributed by atoms with van der Waals surface area (Å²) in [5.74, 6) is 0.490. The van der Waals surface area contributed by atoms with Crippen molar-refractivity contribution >= 4 is 28.6 Å². The van der Waals surface area contributed by atoms with Crippen molar-refractivity contribution in [1.82, 2.24) is 9.66 Å². The molecule has 1 aliphatic rings. The lowest BCUT2D eigenvalue weighted by atomic mass is 10.3. The summed E-state index contributed by atoms with van der Waals surface area (Å²) < 4.78 is 7.25. The second-order valence-electron chi connectivity index (χ2n) is 3.98. The van der Waals surface area contributed by atoms with Gasteiger partial charge in [-0.05, 0) is 18.2 Å². The SMILES string of the molecule is Nc1nc2ccc(Cl)cc2n1N1CCOCC1. The van der Waals surface area contributed by atoms with Crippen LogP contribution in [-0.2, 0) is 4.74 Å². The molecular formula is C11H13ClN4O. The number of imidazole rings is 1. The van der Waals surface area contributed by atoms with E-state index in [9.17, 15) is 0 Å². The third-order valence-corrected chi connectivity index (χ3v) is 3.12. The van der Waals surface area contributed by atoms with E-state index in [1.54, 1.807) is 0 Å². The first-order valence-electron chi connectivity index (χ1n) is 5.52. The van der Waals surface area contributed by atoms with Gasteiger partial charge in [-0.3, -0.25) is 0 Å². The third kappa shape index (κ3) is 1.81. The predicted molar refractivity (Wildman–Crippen MR) is 67.9 cm³/mol. The first kappa shape index (κ1) is 10.7. The molecule has 90 valence electrons. The monoisotopic (exact) mass is 252 g/mol. The van der Waals surface area contributed by atoms with Crippen LogP contribution in [0.4, 0.5) is 5.95 Å². The number of nitrogens with two attached hydrogens (primary N) is 1. The zero-order chi connectivity index (χ0) is 11.8. The maximum atomic E-state index is 6.01. The summed E-state index contributed by atoms with van der Waals surface area (Å²) in [7, 11) is 0. The van der Waals surface area contributed by atoms with Gasteiger partial charge < -0.3 is 15.5 Å². The second kappa shape index (κ2) is 4.09. The Morgan fingerprint density at radius 1 is 1.29 bits per heavy atom. The minimum absolute atomic E-state index is 0.490. The number of hydrogen-bond acceptors (Lipinski definition) is 4. The van der Waals surface area contributed by atoms with Crippen LogP contribution in [0.15, 0.2) is 18.2 Å². The number of aromatic nitrogens is 2. The van der Waals surface area contributed by atoms with Gasteiger partial charge in [0.15, 0.2) is 0 Å². The van der Waals surface area contributed by atoms with Crippen molar-refractivity contribution in [1.29, 1.82) is 0 Å². The lowest BCUT2D eigenvalue weighted by molar-refractivity contribution is 0.112. The number of nitrogen functional groups attached to an aromatic ring is 1. The number of ether oxygens (including phenoxy) is 1. The van der Waals surface area contributed by atoms with Gasteiger partial charge in [0.1, 0.15) is 0 Å². The molecule has 1 saturated heterocycles. The smallest absolute Gasteiger partial charge is 0.220 e. The molecule has 0 radical (unpaired) electrons. The number of anilines is 1. The first-order valence-corrected chi connectivity index (χ1v) is 5.90. The molecule has 1 aliphatic heterocycles. The molecule has 0 unspecified atom stereocenters. The molecule has 2 N–H and O–H groups in total. The van der Waals surface area contributed by atoms with Crippen molar-refractivity contribution < 1.29 is 4.74 Å². The molecule has 1 aromatic carbocycles. The van der Waals surface area contributed by atoms with E-state index in [1.165, 1.54) is 0 Å². The quantitative estimate of drug-likeness (QED) is 0.830. The van der Waals surface area contributed by atoms with E-state index < -0.39 is 0 Å². The molecule has 0 atom stereocenters. The van der Waals surface area contributed by atoms with Crippen molar-refractivity contribution in [3.05, 3.63) is 23.2 Å². The van der Waals surface area contributed by atoms with E-state index in [0.29, 0.717) is 24.2 Å². The van der Waals surface area contributed by atoms with Gasteiger partial charge in [0.05, 0.1) is 37.3 Å². The van der Waals surface area contributed by atoms with Crippen molar-refractivity contribution in [2.75, 3.05) is 37.0 Å². The topological polar surface area (TPSA) is 56.3 Å². The van der Waals surface area contributed by atoms with Crippen LogP contribution in [0.25, 0.3) is 11.0 Å². The van der Waals surface area contributed by atoms with Crippen LogP contribution in [0, 0.1) is 0 Å². The van der Waals surface area contributed by atoms with Crippen molar-refractivity contribution in [2.24, 2.45) is 0 Å². The number of halogens is 1. The molecule has 2 heterocycles. The Bertz CT molecular complexity index is 548. The Balaban J connectivity index is 2.13. The minimum Gasteiger partial charge on any atom is -0.378 e. The van der Waals surface area contributed by atoms with Gasteiger partial charge in [0.25, 0.3) is 0 Å². The standard InChI is InChI=1S/C11H13ClN4O/c12-8-1-2-9-10(7-8)16(11(13)14-9)15-3-5-17-6-4-15/h1-2,7H,3-6H2,(H2,13,14). The van der Waals surface area contributed by atoms with Crippen LogP contribution in [-0.4, -0.2) is 36.0 Å². The molecule has 0 aliphatic carbocycles. The molecular weight excluding hydrogens is 240 g/mol. The molecule has 0 spiro atoms. The molecule has 17 heavy (non-hydrogen) atoms. The molecule has 0 bridgehead atoms. The number of rotatable bonds is 1. The van der Waals surface area contributed by atoms with Gasteiger partial charge in [0, 0.05) is 5.02 Å². The highest BCUT2D eigenvalue weighted by molar-refractivity contribution is 6.31. The highest BCUT2D eigenvalue weighted by atomic mass is 35.5. The third-order valence-electron chi connectivity index (χ3n) is 2.89. The average molecular weight is 253 g/mol. The molecule has 0 amide bonds. The maximum absolute atomic E-state index is 6.01. The van der Waals surface area contributed by atoms with Crippen LogP contribution in [0.5, 0.6) is 0 Å². The van der Waals surface area contributed by atoms with Crippen molar-refractivity contribution in [3.8, 4) is 0 Å². The van der Waals surface area contributed by atoms with Crippen LogP contribution >= 0.6 is 11.6 Å². The average Bonchev–Trinajstić information content (AvgIpc) is 2.65. The largest absolute Gasteiger partial charge is 0.378 e. The number of nitrogens with zero attached hydrogens (tertiary/aromatic N) is 3. The summed E-state index contributed by atoms with van der Waals surface area (Å²) in [5.41, 5.74) is 7.76. The fourth-order valence-corrected chi connectivity index (χ4v) is 2.27. The number of morpholine rings is 1. The van der Waals surface area contributed by atoms with E-state index in [1.807, 2.05) is 22.9 Å². The minimum atomic E-state index is 0.490. The van der Waals surface area contributed by atoms with Crippen molar-refractivity contribution in [2.45, 2.75) is 0 Å². The lowest BCUT2D eigenvalue weighted by Crippen LogP contribution is -2.44. The summed E-state index contributed by atoms with van der Waals surface area (Å²) in [6, 6.07) is 5.58. The van der Waals surface area contributed by atoms with E-state index in [0.717, 1.165) is 24.1 Å². The molecule has 1 fully saturated rings. The van der Waals surface area contributed by atoms with Crippen LogP contribution in [0.1, 0.15) is 0 Å². The maximum Gasteiger partial charge on any atom is 0.220 e. The highest BCUT2D eigenvalue weighted by Crippen LogP contribution is 2.22.